The number of methoxy groups -OCH3 is 1. The Morgan fingerprint density at radius 3 is 2.93 bits per heavy atom. The average molecular weight is 480 g/mol. The second-order valence-corrected chi connectivity index (χ2v) is 8.43. The van der Waals surface area contributed by atoms with Crippen LogP contribution in [0.2, 0.25) is 0 Å². The number of anilines is 1. The van der Waals surface area contributed by atoms with Gasteiger partial charge in [0.05, 0.1) is 13.3 Å². The van der Waals surface area contributed by atoms with Gasteiger partial charge in [-0.2, -0.15) is 9.78 Å². The molecule has 1 aromatic heterocycles. The number of fused-ring (bicyclic) bond motifs is 1. The Hall–Kier alpha value is -2.10. The van der Waals surface area contributed by atoms with Crippen molar-refractivity contribution in [3.63, 3.8) is 0 Å². The maximum absolute atomic E-state index is 13.0. The van der Waals surface area contributed by atoms with E-state index in [2.05, 4.69) is 21.0 Å². The summed E-state index contributed by atoms with van der Waals surface area (Å²) in [6.45, 7) is 3.13. The molecule has 1 N–H and O–H groups in total. The summed E-state index contributed by atoms with van der Waals surface area (Å²) in [4.78, 5) is 14.7. The number of ether oxygens (including phenoxy) is 3. The van der Waals surface area contributed by atoms with Gasteiger partial charge in [0.15, 0.2) is 12.5 Å². The molecule has 2 aliphatic rings. The van der Waals surface area contributed by atoms with E-state index < -0.39 is 6.23 Å². The largest absolute Gasteiger partial charge is 0.496 e. The van der Waals surface area contributed by atoms with Crippen LogP contribution < -0.4 is 19.9 Å². The molecule has 9 heteroatoms. The molecule has 0 saturated carbocycles. The molecule has 4 rings (SSSR count). The lowest BCUT2D eigenvalue weighted by molar-refractivity contribution is -0.0433. The van der Waals surface area contributed by atoms with E-state index >= 15 is 0 Å². The summed E-state index contributed by atoms with van der Waals surface area (Å²) in [6.07, 6.45) is 3.75. The Bertz CT molecular complexity index is 974. The van der Waals surface area contributed by atoms with Crippen LogP contribution in [-0.2, 0) is 11.2 Å². The van der Waals surface area contributed by atoms with Gasteiger partial charge in [0.1, 0.15) is 18.0 Å². The maximum atomic E-state index is 13.0. The van der Waals surface area contributed by atoms with Crippen LogP contribution in [0.1, 0.15) is 36.6 Å². The standard InChI is InChI=1S/C21H26BrN3O5/c1-13-9-15(22)14(10-17(13)28-2)6-7-24-16-11-23-25(19-5-3-4-8-29-19)21(27)20(16)30-12-18(24)26/h9-11,18-19,26H,3-8,12H2,1-2H3. The Labute approximate surface area is 183 Å². The number of benzene rings is 1. The number of aliphatic hydroxyl groups excluding tert-OH is 1. The summed E-state index contributed by atoms with van der Waals surface area (Å²) in [7, 11) is 1.65. The van der Waals surface area contributed by atoms with Crippen molar-refractivity contribution in [2.75, 3.05) is 31.8 Å². The molecule has 0 spiro atoms. The highest BCUT2D eigenvalue weighted by Crippen LogP contribution is 2.32. The first-order valence-electron chi connectivity index (χ1n) is 10.1. The molecule has 8 nitrogen and oxygen atoms in total. The molecule has 1 fully saturated rings. The Balaban J connectivity index is 1.59. The van der Waals surface area contributed by atoms with Gasteiger partial charge in [0.25, 0.3) is 0 Å². The van der Waals surface area contributed by atoms with Crippen LogP contribution in [0.15, 0.2) is 27.6 Å². The van der Waals surface area contributed by atoms with Gasteiger partial charge in [-0.3, -0.25) is 4.79 Å². The first-order valence-corrected chi connectivity index (χ1v) is 10.9. The maximum Gasteiger partial charge on any atom is 0.313 e. The number of hydrogen-bond acceptors (Lipinski definition) is 7. The molecule has 2 unspecified atom stereocenters. The molecule has 0 aliphatic carbocycles. The highest BCUT2D eigenvalue weighted by molar-refractivity contribution is 9.10. The third-order valence-corrected chi connectivity index (χ3v) is 6.34. The van der Waals surface area contributed by atoms with Crippen molar-refractivity contribution in [3.8, 4) is 11.5 Å². The van der Waals surface area contributed by atoms with Gasteiger partial charge in [-0.15, -0.1) is 0 Å². The van der Waals surface area contributed by atoms with Gasteiger partial charge in [0, 0.05) is 17.6 Å². The SMILES string of the molecule is COc1cc(CCN2c3cnn(C4CCCCO4)c(=O)c3OCC2O)c(Br)cc1C. The number of nitrogens with zero attached hydrogens (tertiary/aromatic N) is 3. The number of halogens is 1. The first kappa shape index (κ1) is 21.1. The molecule has 0 radical (unpaired) electrons. The van der Waals surface area contributed by atoms with E-state index in [-0.39, 0.29) is 24.1 Å². The van der Waals surface area contributed by atoms with E-state index in [1.54, 1.807) is 18.2 Å². The molecular weight excluding hydrogens is 454 g/mol. The molecule has 2 atom stereocenters. The van der Waals surface area contributed by atoms with Crippen molar-refractivity contribution in [1.82, 2.24) is 9.78 Å². The summed E-state index contributed by atoms with van der Waals surface area (Å²) < 4.78 is 19.1. The minimum Gasteiger partial charge on any atom is -0.496 e. The van der Waals surface area contributed by atoms with Crippen LogP contribution in [0.5, 0.6) is 11.5 Å². The smallest absolute Gasteiger partial charge is 0.313 e. The monoisotopic (exact) mass is 479 g/mol. The van der Waals surface area contributed by atoms with Crippen LogP contribution in [0.25, 0.3) is 0 Å². The van der Waals surface area contributed by atoms with Gasteiger partial charge in [-0.1, -0.05) is 15.9 Å². The zero-order chi connectivity index (χ0) is 21.3. The highest BCUT2D eigenvalue weighted by Gasteiger charge is 2.31. The van der Waals surface area contributed by atoms with Crippen molar-refractivity contribution in [2.24, 2.45) is 0 Å². The van der Waals surface area contributed by atoms with Gasteiger partial charge in [-0.05, 0) is 55.9 Å². The third kappa shape index (κ3) is 4.06. The molecule has 1 saturated heterocycles. The lowest BCUT2D eigenvalue weighted by Gasteiger charge is -2.35. The molecule has 30 heavy (non-hydrogen) atoms. The third-order valence-electron chi connectivity index (χ3n) is 5.60. The lowest BCUT2D eigenvalue weighted by atomic mass is 10.1. The van der Waals surface area contributed by atoms with Crippen molar-refractivity contribution < 1.29 is 19.3 Å². The Morgan fingerprint density at radius 1 is 1.37 bits per heavy atom. The summed E-state index contributed by atoms with van der Waals surface area (Å²) in [6, 6.07) is 4.01. The van der Waals surface area contributed by atoms with E-state index in [4.69, 9.17) is 14.2 Å². The normalized spacial score (nSPS) is 21.1. The number of hydrogen-bond donors (Lipinski definition) is 1. The molecule has 1 aromatic carbocycles. The minimum atomic E-state index is -0.855. The highest BCUT2D eigenvalue weighted by atomic mass is 79.9. The van der Waals surface area contributed by atoms with Gasteiger partial charge >= 0.3 is 5.56 Å². The fourth-order valence-corrected chi connectivity index (χ4v) is 4.58. The van der Waals surface area contributed by atoms with Crippen molar-refractivity contribution in [1.29, 1.82) is 0 Å². The minimum absolute atomic E-state index is 0.0240. The van der Waals surface area contributed by atoms with Crippen molar-refractivity contribution in [3.05, 3.63) is 44.3 Å². The second-order valence-electron chi connectivity index (χ2n) is 7.58. The molecule has 3 heterocycles. The van der Waals surface area contributed by atoms with Crippen LogP contribution >= 0.6 is 15.9 Å². The zero-order valence-electron chi connectivity index (χ0n) is 17.1. The summed E-state index contributed by atoms with van der Waals surface area (Å²) in [5.74, 6) is 1.03. The van der Waals surface area contributed by atoms with Gasteiger partial charge in [-0.25, -0.2) is 0 Å². The summed E-state index contributed by atoms with van der Waals surface area (Å²) >= 11 is 3.61. The quantitative estimate of drug-likeness (QED) is 0.705. The van der Waals surface area contributed by atoms with Gasteiger partial charge in [0.2, 0.25) is 5.75 Å². The second kappa shape index (κ2) is 8.95. The van der Waals surface area contributed by atoms with Crippen LogP contribution in [0.3, 0.4) is 0 Å². The van der Waals surface area contributed by atoms with E-state index in [0.29, 0.717) is 25.3 Å². The molecule has 2 aliphatic heterocycles. The van der Waals surface area contributed by atoms with Gasteiger partial charge < -0.3 is 24.2 Å². The number of aryl methyl sites for hydroxylation is 1. The summed E-state index contributed by atoms with van der Waals surface area (Å²) in [5, 5.41) is 14.8. The molecular formula is C21H26BrN3O5. The van der Waals surface area contributed by atoms with E-state index in [9.17, 15) is 9.90 Å². The van der Waals surface area contributed by atoms with E-state index in [0.717, 1.165) is 40.6 Å². The number of rotatable bonds is 5. The van der Waals surface area contributed by atoms with Crippen LogP contribution in [-0.4, -0.2) is 48.0 Å². The van der Waals surface area contributed by atoms with E-state index in [1.807, 2.05) is 19.1 Å². The predicted octanol–water partition coefficient (Wildman–Crippen LogP) is 2.78. The first-order chi connectivity index (χ1) is 14.5. The summed E-state index contributed by atoms with van der Waals surface area (Å²) in [5.41, 5.74) is 2.27. The number of aromatic nitrogens is 2. The predicted molar refractivity (Wildman–Crippen MR) is 115 cm³/mol. The fraction of sp³-hybridized carbons (Fsp3) is 0.524. The lowest BCUT2D eigenvalue weighted by Crippen LogP contribution is -2.46. The molecule has 162 valence electrons. The van der Waals surface area contributed by atoms with Crippen molar-refractivity contribution in [2.45, 2.75) is 45.1 Å². The van der Waals surface area contributed by atoms with Crippen LogP contribution in [0, 0.1) is 6.92 Å². The Morgan fingerprint density at radius 2 is 2.20 bits per heavy atom. The van der Waals surface area contributed by atoms with E-state index in [1.165, 1.54) is 4.68 Å². The van der Waals surface area contributed by atoms with Crippen molar-refractivity contribution >= 4 is 21.6 Å². The molecule has 0 amide bonds. The average Bonchev–Trinajstić information content (AvgIpc) is 2.75. The molecule has 0 bridgehead atoms. The Kier molecular flexibility index (Phi) is 6.31. The number of aliphatic hydroxyl groups is 1. The topological polar surface area (TPSA) is 86.0 Å². The molecule has 2 aromatic rings. The van der Waals surface area contributed by atoms with Crippen LogP contribution in [0.4, 0.5) is 5.69 Å². The zero-order valence-corrected chi connectivity index (χ0v) is 18.7. The fourth-order valence-electron chi connectivity index (χ4n) is 3.93.